The molecule has 1 unspecified atom stereocenters. The van der Waals surface area contributed by atoms with Crippen molar-refractivity contribution in [1.29, 1.82) is 0 Å². The number of allylic oxidation sites excluding steroid dienone is 6. The van der Waals surface area contributed by atoms with E-state index in [-0.39, 0.29) is 5.92 Å². The number of hydrogen-bond acceptors (Lipinski definition) is 1. The number of carbonyl (C=O) groups excluding carboxylic acids is 1. The second-order valence-electron chi connectivity index (χ2n) is 2.88. The van der Waals surface area contributed by atoms with Crippen molar-refractivity contribution >= 4 is 6.29 Å². The third kappa shape index (κ3) is 3.57. The van der Waals surface area contributed by atoms with Crippen LogP contribution in [0.25, 0.3) is 0 Å². The van der Waals surface area contributed by atoms with Crippen LogP contribution in [0.3, 0.4) is 0 Å². The maximum absolute atomic E-state index is 10.1. The molecule has 1 nitrogen and oxygen atoms in total. The van der Waals surface area contributed by atoms with Crippen LogP contribution in [0.1, 0.15) is 13.3 Å². The van der Waals surface area contributed by atoms with E-state index in [1.165, 1.54) is 11.6 Å². The van der Waals surface area contributed by atoms with Gasteiger partial charge in [-0.1, -0.05) is 41.7 Å². The molecule has 1 atom stereocenters. The molecule has 0 aliphatic heterocycles. The highest BCUT2D eigenvalue weighted by atomic mass is 16.1. The van der Waals surface area contributed by atoms with E-state index in [4.69, 9.17) is 0 Å². The fourth-order valence-corrected chi connectivity index (χ4v) is 1.04. The fraction of sp³-hybridized carbons (Fsp3) is 0.250. The van der Waals surface area contributed by atoms with Crippen molar-refractivity contribution in [2.24, 2.45) is 5.92 Å². The Labute approximate surface area is 78.8 Å². The first kappa shape index (κ1) is 9.54. The highest BCUT2D eigenvalue weighted by Crippen LogP contribution is 2.06. The first-order valence-electron chi connectivity index (χ1n) is 4.28. The van der Waals surface area contributed by atoms with Gasteiger partial charge in [0, 0.05) is 6.42 Å². The van der Waals surface area contributed by atoms with Crippen LogP contribution >= 0.6 is 0 Å². The number of carbonyl (C=O) groups is 1. The quantitative estimate of drug-likeness (QED) is 0.355. The molecule has 0 N–H and O–H groups in total. The van der Waals surface area contributed by atoms with Crippen LogP contribution in [0.4, 0.5) is 0 Å². The number of rotatable bonds is 2. The van der Waals surface area contributed by atoms with E-state index < -0.39 is 0 Å². The standard InChI is InChI=1S/C12H12O/c1-11-5-2-3-6-12(9-8-11)7-4-10-13/h4-5,7-10,12H,2H2,1H3/b7-4+,9-8-,11-5-. The van der Waals surface area contributed by atoms with Crippen molar-refractivity contribution < 1.29 is 4.79 Å². The second kappa shape index (κ2) is 5.16. The summed E-state index contributed by atoms with van der Waals surface area (Å²) in [5, 5.41) is 0. The number of hydrogen-bond donors (Lipinski definition) is 0. The van der Waals surface area contributed by atoms with Gasteiger partial charge >= 0.3 is 0 Å². The van der Waals surface area contributed by atoms with Crippen molar-refractivity contribution in [2.45, 2.75) is 13.3 Å². The fourth-order valence-electron chi connectivity index (χ4n) is 1.04. The van der Waals surface area contributed by atoms with Crippen LogP contribution in [0, 0.1) is 17.8 Å². The largest absolute Gasteiger partial charge is 0.299 e. The molecule has 0 bridgehead atoms. The summed E-state index contributed by atoms with van der Waals surface area (Å²) in [5.74, 6) is 6.16. The number of aldehydes is 1. The Morgan fingerprint density at radius 1 is 1.62 bits per heavy atom. The Morgan fingerprint density at radius 3 is 3.23 bits per heavy atom. The van der Waals surface area contributed by atoms with Gasteiger partial charge in [0.15, 0.2) is 0 Å². The summed E-state index contributed by atoms with van der Waals surface area (Å²) in [6.07, 6.45) is 11.0. The van der Waals surface area contributed by atoms with Gasteiger partial charge in [-0.2, -0.15) is 0 Å². The Kier molecular flexibility index (Phi) is 3.78. The topological polar surface area (TPSA) is 17.1 Å². The molecular weight excluding hydrogens is 160 g/mol. The zero-order valence-electron chi connectivity index (χ0n) is 7.66. The first-order valence-corrected chi connectivity index (χ1v) is 4.28. The van der Waals surface area contributed by atoms with Crippen LogP contribution in [0.2, 0.25) is 0 Å². The monoisotopic (exact) mass is 172 g/mol. The molecule has 1 aliphatic carbocycles. The maximum atomic E-state index is 10.1. The van der Waals surface area contributed by atoms with E-state index in [0.717, 1.165) is 12.7 Å². The molecular formula is C12H12O. The van der Waals surface area contributed by atoms with Crippen LogP contribution in [0.5, 0.6) is 0 Å². The van der Waals surface area contributed by atoms with Crippen LogP contribution < -0.4 is 0 Å². The minimum absolute atomic E-state index is 0.0776. The molecule has 66 valence electrons. The molecule has 0 heterocycles. The van der Waals surface area contributed by atoms with E-state index in [2.05, 4.69) is 17.9 Å². The SMILES string of the molecule is CC1=C/CC#CC(/C=C/C=O)/C=C\1. The van der Waals surface area contributed by atoms with Crippen molar-refractivity contribution in [3.63, 3.8) is 0 Å². The van der Waals surface area contributed by atoms with Gasteiger partial charge < -0.3 is 0 Å². The summed E-state index contributed by atoms with van der Waals surface area (Å²) in [6, 6.07) is 0. The Morgan fingerprint density at radius 2 is 2.46 bits per heavy atom. The highest BCUT2D eigenvalue weighted by Gasteiger charge is 1.94. The van der Waals surface area contributed by atoms with Crippen LogP contribution in [-0.2, 0) is 4.79 Å². The molecule has 0 spiro atoms. The Balaban J connectivity index is 2.75. The third-order valence-electron chi connectivity index (χ3n) is 1.76. The molecule has 0 aromatic carbocycles. The summed E-state index contributed by atoms with van der Waals surface area (Å²) in [4.78, 5) is 10.1. The van der Waals surface area contributed by atoms with Gasteiger partial charge in [0.25, 0.3) is 0 Å². The van der Waals surface area contributed by atoms with Gasteiger partial charge in [0.2, 0.25) is 0 Å². The minimum atomic E-state index is 0.0776. The Hall–Kier alpha value is -1.55. The van der Waals surface area contributed by atoms with Crippen molar-refractivity contribution in [3.8, 4) is 11.8 Å². The smallest absolute Gasteiger partial charge is 0.142 e. The molecule has 0 radical (unpaired) electrons. The lowest BCUT2D eigenvalue weighted by Crippen LogP contribution is -1.89. The van der Waals surface area contributed by atoms with Gasteiger partial charge in [0.1, 0.15) is 6.29 Å². The summed E-state index contributed by atoms with van der Waals surface area (Å²) in [6.45, 7) is 2.05. The molecule has 0 saturated heterocycles. The average Bonchev–Trinajstić information content (AvgIpc) is 2.11. The zero-order chi connectivity index (χ0) is 9.52. The lowest BCUT2D eigenvalue weighted by molar-refractivity contribution is -0.104. The van der Waals surface area contributed by atoms with Gasteiger partial charge in [-0.25, -0.2) is 0 Å². The van der Waals surface area contributed by atoms with Gasteiger partial charge in [-0.05, 0) is 13.0 Å². The molecule has 13 heavy (non-hydrogen) atoms. The molecule has 0 aromatic heterocycles. The summed E-state index contributed by atoms with van der Waals surface area (Å²) >= 11 is 0. The molecule has 0 fully saturated rings. The Bertz CT molecular complexity index is 321. The first-order chi connectivity index (χ1) is 6.33. The predicted octanol–water partition coefficient (Wildman–Crippen LogP) is 2.27. The second-order valence-corrected chi connectivity index (χ2v) is 2.88. The summed E-state index contributed by atoms with van der Waals surface area (Å²) in [7, 11) is 0. The van der Waals surface area contributed by atoms with Gasteiger partial charge in [0.05, 0.1) is 5.92 Å². The lowest BCUT2D eigenvalue weighted by atomic mass is 10.1. The molecule has 1 aliphatic rings. The third-order valence-corrected chi connectivity index (χ3v) is 1.76. The summed E-state index contributed by atoms with van der Waals surface area (Å²) in [5.41, 5.74) is 1.22. The molecule has 1 heteroatoms. The van der Waals surface area contributed by atoms with E-state index in [0.29, 0.717) is 0 Å². The van der Waals surface area contributed by atoms with Gasteiger partial charge in [-0.15, -0.1) is 0 Å². The normalized spacial score (nSPS) is 27.8. The van der Waals surface area contributed by atoms with E-state index in [1.807, 2.05) is 19.1 Å². The van der Waals surface area contributed by atoms with E-state index in [9.17, 15) is 4.79 Å². The minimum Gasteiger partial charge on any atom is -0.299 e. The maximum Gasteiger partial charge on any atom is 0.142 e. The van der Waals surface area contributed by atoms with Gasteiger partial charge in [-0.3, -0.25) is 4.79 Å². The zero-order valence-corrected chi connectivity index (χ0v) is 7.66. The molecule has 0 amide bonds. The van der Waals surface area contributed by atoms with Crippen molar-refractivity contribution in [2.75, 3.05) is 0 Å². The highest BCUT2D eigenvalue weighted by molar-refractivity contribution is 5.65. The lowest BCUT2D eigenvalue weighted by Gasteiger charge is -1.99. The van der Waals surface area contributed by atoms with E-state index >= 15 is 0 Å². The van der Waals surface area contributed by atoms with Crippen LogP contribution in [0.15, 0.2) is 36.0 Å². The predicted molar refractivity (Wildman–Crippen MR) is 54.0 cm³/mol. The van der Waals surface area contributed by atoms with Crippen molar-refractivity contribution in [1.82, 2.24) is 0 Å². The average molecular weight is 172 g/mol. The molecule has 0 aromatic rings. The van der Waals surface area contributed by atoms with Crippen molar-refractivity contribution in [3.05, 3.63) is 36.0 Å². The van der Waals surface area contributed by atoms with E-state index in [1.54, 1.807) is 6.08 Å². The molecule has 1 rings (SSSR count). The molecule has 0 saturated carbocycles. The summed E-state index contributed by atoms with van der Waals surface area (Å²) < 4.78 is 0. The van der Waals surface area contributed by atoms with Crippen LogP contribution in [-0.4, -0.2) is 6.29 Å².